The number of aliphatic carboxylic acids is 2. The molecule has 1 aliphatic heterocycles. The average molecular weight is 473 g/mol. The van der Waals surface area contributed by atoms with Crippen LogP contribution in [-0.2, 0) is 19.2 Å². The molecule has 0 radical (unpaired) electrons. The molecule has 1 rings (SSSR count). The molecule has 2 amide bonds. The van der Waals surface area contributed by atoms with Crippen molar-refractivity contribution in [3.8, 4) is 0 Å². The lowest BCUT2D eigenvalue weighted by atomic mass is 10.0. The van der Waals surface area contributed by atoms with Crippen molar-refractivity contribution in [2.45, 2.75) is 32.7 Å². The number of carboxylic acids is 2. The van der Waals surface area contributed by atoms with E-state index < -0.39 is 11.9 Å². The highest BCUT2D eigenvalue weighted by Gasteiger charge is 2.22. The molecule has 0 unspecified atom stereocenters. The number of amides is 2. The summed E-state index contributed by atoms with van der Waals surface area (Å²) >= 11 is 0. The highest BCUT2D eigenvalue weighted by Crippen LogP contribution is 2.09. The first kappa shape index (κ1) is 28.8. The van der Waals surface area contributed by atoms with Gasteiger partial charge in [-0.3, -0.25) is 38.8 Å². The fraction of sp³-hybridized carbons (Fsp3) is 0.810. The van der Waals surface area contributed by atoms with Gasteiger partial charge in [-0.2, -0.15) is 0 Å². The first-order chi connectivity index (χ1) is 15.6. The summed E-state index contributed by atoms with van der Waals surface area (Å²) in [4.78, 5) is 53.2. The van der Waals surface area contributed by atoms with Gasteiger partial charge in [-0.25, -0.2) is 0 Å². The SMILES string of the molecule is CCN(CCN(CCN(CC)CC(=O)NC1CCN(CC(N)=O)CC1)CC(=O)O)CC(=O)O. The third-order valence-electron chi connectivity index (χ3n) is 5.78. The number of piperidine rings is 1. The van der Waals surface area contributed by atoms with Crippen molar-refractivity contribution in [1.82, 2.24) is 24.9 Å². The molecule has 0 aromatic rings. The Bertz CT molecular complexity index is 641. The second-order valence-corrected chi connectivity index (χ2v) is 8.39. The highest BCUT2D eigenvalue weighted by molar-refractivity contribution is 5.78. The molecule has 33 heavy (non-hydrogen) atoms. The molecule has 0 saturated carbocycles. The highest BCUT2D eigenvalue weighted by atomic mass is 16.4. The van der Waals surface area contributed by atoms with Gasteiger partial charge in [-0.05, 0) is 25.9 Å². The predicted octanol–water partition coefficient (Wildman–Crippen LogP) is -1.83. The number of rotatable bonds is 17. The van der Waals surface area contributed by atoms with E-state index in [1.54, 1.807) is 9.80 Å². The summed E-state index contributed by atoms with van der Waals surface area (Å²) in [5.74, 6) is -2.28. The van der Waals surface area contributed by atoms with Crippen molar-refractivity contribution in [3.63, 3.8) is 0 Å². The zero-order valence-corrected chi connectivity index (χ0v) is 19.9. The lowest BCUT2D eigenvalue weighted by Gasteiger charge is -2.32. The molecule has 1 heterocycles. The van der Waals surface area contributed by atoms with Crippen LogP contribution in [0.5, 0.6) is 0 Å². The lowest BCUT2D eigenvalue weighted by molar-refractivity contribution is -0.140. The first-order valence-corrected chi connectivity index (χ1v) is 11.5. The second kappa shape index (κ2) is 15.5. The summed E-state index contributed by atoms with van der Waals surface area (Å²) in [6, 6.07) is 0.0677. The van der Waals surface area contributed by atoms with E-state index in [4.69, 9.17) is 10.8 Å². The minimum Gasteiger partial charge on any atom is -0.480 e. The van der Waals surface area contributed by atoms with Gasteiger partial charge >= 0.3 is 11.9 Å². The van der Waals surface area contributed by atoms with Gasteiger partial charge in [0.15, 0.2) is 0 Å². The predicted molar refractivity (Wildman–Crippen MR) is 123 cm³/mol. The van der Waals surface area contributed by atoms with Crippen LogP contribution in [0, 0.1) is 0 Å². The van der Waals surface area contributed by atoms with Gasteiger partial charge in [0.2, 0.25) is 11.8 Å². The monoisotopic (exact) mass is 472 g/mol. The molecule has 5 N–H and O–H groups in total. The van der Waals surface area contributed by atoms with E-state index in [0.717, 1.165) is 12.8 Å². The van der Waals surface area contributed by atoms with Crippen LogP contribution in [0.1, 0.15) is 26.7 Å². The first-order valence-electron chi connectivity index (χ1n) is 11.5. The van der Waals surface area contributed by atoms with Crippen molar-refractivity contribution in [3.05, 3.63) is 0 Å². The van der Waals surface area contributed by atoms with Crippen LogP contribution < -0.4 is 11.1 Å². The molecule has 1 aliphatic rings. The molecule has 0 aromatic carbocycles. The molecular weight excluding hydrogens is 432 g/mol. The normalized spacial score (nSPS) is 15.3. The van der Waals surface area contributed by atoms with Crippen molar-refractivity contribution in [1.29, 1.82) is 0 Å². The topological polar surface area (TPSA) is 160 Å². The van der Waals surface area contributed by atoms with E-state index in [-0.39, 0.29) is 44.0 Å². The molecule has 12 heteroatoms. The molecule has 190 valence electrons. The molecule has 0 bridgehead atoms. The minimum atomic E-state index is -0.945. The van der Waals surface area contributed by atoms with Crippen LogP contribution in [-0.4, -0.2) is 138 Å². The third kappa shape index (κ3) is 13.1. The fourth-order valence-electron chi connectivity index (χ4n) is 3.85. The quantitative estimate of drug-likeness (QED) is 0.190. The van der Waals surface area contributed by atoms with E-state index in [1.807, 2.05) is 23.6 Å². The summed E-state index contributed by atoms with van der Waals surface area (Å²) in [7, 11) is 0. The zero-order chi connectivity index (χ0) is 24.8. The Morgan fingerprint density at radius 2 is 1.30 bits per heavy atom. The molecule has 0 spiro atoms. The van der Waals surface area contributed by atoms with Crippen molar-refractivity contribution in [2.24, 2.45) is 5.73 Å². The Morgan fingerprint density at radius 3 is 1.76 bits per heavy atom. The number of carbonyl (C=O) groups is 4. The zero-order valence-electron chi connectivity index (χ0n) is 19.9. The van der Waals surface area contributed by atoms with E-state index >= 15 is 0 Å². The Balaban J connectivity index is 2.45. The van der Waals surface area contributed by atoms with Gasteiger partial charge in [0, 0.05) is 45.3 Å². The van der Waals surface area contributed by atoms with E-state index in [2.05, 4.69) is 5.32 Å². The van der Waals surface area contributed by atoms with Crippen LogP contribution in [0.4, 0.5) is 0 Å². The van der Waals surface area contributed by atoms with Gasteiger partial charge in [0.05, 0.1) is 26.2 Å². The van der Waals surface area contributed by atoms with Crippen molar-refractivity contribution >= 4 is 23.8 Å². The Labute approximate surface area is 195 Å². The Kier molecular flexibility index (Phi) is 13.5. The number of nitrogens with two attached hydrogens (primary N) is 1. The summed E-state index contributed by atoms with van der Waals surface area (Å²) < 4.78 is 0. The standard InChI is InChI=1S/C21H40N6O6/c1-3-24(14-19(29)23-17-5-7-26(8-6-17)13-18(22)28)9-11-27(16-21(32)33)12-10-25(4-2)15-20(30)31/h17H,3-16H2,1-2H3,(H2,22,28)(H,23,29)(H,30,31)(H,32,33). The van der Waals surface area contributed by atoms with Gasteiger partial charge in [-0.15, -0.1) is 0 Å². The molecule has 0 aliphatic carbocycles. The maximum absolute atomic E-state index is 12.5. The molecule has 1 fully saturated rings. The summed E-state index contributed by atoms with van der Waals surface area (Å²) in [5.41, 5.74) is 5.23. The Hall–Kier alpha value is -2.28. The number of hydrogen-bond acceptors (Lipinski definition) is 8. The molecule has 0 aromatic heterocycles. The van der Waals surface area contributed by atoms with Gasteiger partial charge < -0.3 is 21.3 Å². The fourth-order valence-corrected chi connectivity index (χ4v) is 3.85. The van der Waals surface area contributed by atoms with E-state index in [0.29, 0.717) is 52.4 Å². The molecular formula is C21H40N6O6. The molecule has 0 atom stereocenters. The van der Waals surface area contributed by atoms with Crippen LogP contribution in [0.15, 0.2) is 0 Å². The van der Waals surface area contributed by atoms with E-state index in [1.165, 1.54) is 0 Å². The number of carbonyl (C=O) groups excluding carboxylic acids is 2. The second-order valence-electron chi connectivity index (χ2n) is 8.39. The van der Waals surface area contributed by atoms with Crippen LogP contribution >= 0.6 is 0 Å². The summed E-state index contributed by atoms with van der Waals surface area (Å²) in [6.45, 7) is 8.56. The lowest BCUT2D eigenvalue weighted by Crippen LogP contribution is -2.49. The van der Waals surface area contributed by atoms with Crippen LogP contribution in [0.3, 0.4) is 0 Å². The van der Waals surface area contributed by atoms with Gasteiger partial charge in [-0.1, -0.05) is 13.8 Å². The number of nitrogens with zero attached hydrogens (tertiary/aromatic N) is 4. The van der Waals surface area contributed by atoms with Crippen molar-refractivity contribution in [2.75, 3.05) is 78.5 Å². The van der Waals surface area contributed by atoms with Crippen LogP contribution in [0.25, 0.3) is 0 Å². The maximum atomic E-state index is 12.5. The third-order valence-corrected chi connectivity index (χ3v) is 5.78. The molecule has 12 nitrogen and oxygen atoms in total. The van der Waals surface area contributed by atoms with Crippen molar-refractivity contribution < 1.29 is 29.4 Å². The number of likely N-dealkylation sites (tertiary alicyclic amines) is 1. The average Bonchev–Trinajstić information content (AvgIpc) is 2.73. The number of hydrogen-bond donors (Lipinski definition) is 4. The maximum Gasteiger partial charge on any atom is 0.317 e. The summed E-state index contributed by atoms with van der Waals surface area (Å²) in [5, 5.41) is 21.2. The Morgan fingerprint density at radius 1 is 0.848 bits per heavy atom. The number of carboxylic acid groups (broad SMARTS) is 2. The number of primary amides is 1. The van der Waals surface area contributed by atoms with Crippen LogP contribution in [0.2, 0.25) is 0 Å². The smallest absolute Gasteiger partial charge is 0.317 e. The van der Waals surface area contributed by atoms with Gasteiger partial charge in [0.1, 0.15) is 0 Å². The minimum absolute atomic E-state index is 0.0677. The number of likely N-dealkylation sites (N-methyl/N-ethyl adjacent to an activating group) is 2. The molecule has 1 saturated heterocycles. The largest absolute Gasteiger partial charge is 0.480 e. The number of nitrogens with one attached hydrogen (secondary N) is 1. The van der Waals surface area contributed by atoms with Gasteiger partial charge in [0.25, 0.3) is 0 Å². The van der Waals surface area contributed by atoms with E-state index in [9.17, 15) is 24.3 Å². The summed E-state index contributed by atoms with van der Waals surface area (Å²) in [6.07, 6.45) is 1.53.